The molecule has 5 heteroatoms. The SMILES string of the molecule is CCC(C)C1CN(CCCCC(F)(F)F)CCN1. The first-order chi connectivity index (χ1) is 8.42. The van der Waals surface area contributed by atoms with Gasteiger partial charge in [-0.15, -0.1) is 0 Å². The highest BCUT2D eigenvalue weighted by molar-refractivity contribution is 4.81. The average Bonchev–Trinajstić information content (AvgIpc) is 2.33. The third-order valence-corrected chi connectivity index (χ3v) is 3.80. The summed E-state index contributed by atoms with van der Waals surface area (Å²) < 4.78 is 36.0. The van der Waals surface area contributed by atoms with Crippen molar-refractivity contribution >= 4 is 0 Å². The average molecular weight is 266 g/mol. The number of hydrogen-bond donors (Lipinski definition) is 1. The number of halogens is 3. The number of unbranched alkanes of at least 4 members (excludes halogenated alkanes) is 1. The lowest BCUT2D eigenvalue weighted by atomic mass is 9.97. The van der Waals surface area contributed by atoms with Crippen molar-refractivity contribution in [3.63, 3.8) is 0 Å². The van der Waals surface area contributed by atoms with Gasteiger partial charge in [-0.1, -0.05) is 20.3 Å². The number of alkyl halides is 3. The molecule has 2 nitrogen and oxygen atoms in total. The van der Waals surface area contributed by atoms with E-state index in [0.29, 0.717) is 18.4 Å². The summed E-state index contributed by atoms with van der Waals surface area (Å²) in [5.41, 5.74) is 0. The fourth-order valence-corrected chi connectivity index (χ4v) is 2.37. The number of rotatable bonds is 6. The Morgan fingerprint density at radius 2 is 2.06 bits per heavy atom. The van der Waals surface area contributed by atoms with E-state index < -0.39 is 12.6 Å². The molecule has 108 valence electrons. The van der Waals surface area contributed by atoms with Gasteiger partial charge in [0.25, 0.3) is 0 Å². The van der Waals surface area contributed by atoms with Crippen LogP contribution in [-0.2, 0) is 0 Å². The Hall–Kier alpha value is -0.290. The Morgan fingerprint density at radius 3 is 2.67 bits per heavy atom. The lowest BCUT2D eigenvalue weighted by Gasteiger charge is -2.36. The summed E-state index contributed by atoms with van der Waals surface area (Å²) in [4.78, 5) is 2.30. The van der Waals surface area contributed by atoms with Crippen LogP contribution in [0.2, 0.25) is 0 Å². The van der Waals surface area contributed by atoms with Crippen LogP contribution in [0.1, 0.15) is 39.5 Å². The fourth-order valence-electron chi connectivity index (χ4n) is 2.37. The monoisotopic (exact) mass is 266 g/mol. The Balaban J connectivity index is 2.18. The number of hydrogen-bond acceptors (Lipinski definition) is 2. The van der Waals surface area contributed by atoms with Crippen LogP contribution in [0.3, 0.4) is 0 Å². The zero-order valence-corrected chi connectivity index (χ0v) is 11.4. The van der Waals surface area contributed by atoms with Crippen molar-refractivity contribution in [1.82, 2.24) is 10.2 Å². The zero-order chi connectivity index (χ0) is 13.6. The number of nitrogens with one attached hydrogen (secondary N) is 1. The van der Waals surface area contributed by atoms with Gasteiger partial charge in [0.1, 0.15) is 0 Å². The Kier molecular flexibility index (Phi) is 6.43. The van der Waals surface area contributed by atoms with E-state index in [9.17, 15) is 13.2 Å². The predicted molar refractivity (Wildman–Crippen MR) is 67.6 cm³/mol. The first-order valence-corrected chi connectivity index (χ1v) is 6.95. The maximum Gasteiger partial charge on any atom is 0.389 e. The molecule has 0 radical (unpaired) electrons. The smallest absolute Gasteiger partial charge is 0.311 e. The lowest BCUT2D eigenvalue weighted by molar-refractivity contribution is -0.135. The van der Waals surface area contributed by atoms with Crippen molar-refractivity contribution in [2.24, 2.45) is 5.92 Å². The van der Waals surface area contributed by atoms with E-state index in [-0.39, 0.29) is 6.42 Å². The zero-order valence-electron chi connectivity index (χ0n) is 11.4. The molecule has 0 aliphatic carbocycles. The molecule has 1 saturated heterocycles. The third-order valence-electron chi connectivity index (χ3n) is 3.80. The normalized spacial score (nSPS) is 24.2. The second kappa shape index (κ2) is 7.34. The van der Waals surface area contributed by atoms with Crippen molar-refractivity contribution in [3.8, 4) is 0 Å². The molecular weight excluding hydrogens is 241 g/mol. The second-order valence-corrected chi connectivity index (χ2v) is 5.32. The molecule has 0 aromatic heterocycles. The Bertz CT molecular complexity index is 231. The van der Waals surface area contributed by atoms with E-state index in [4.69, 9.17) is 0 Å². The van der Waals surface area contributed by atoms with E-state index >= 15 is 0 Å². The van der Waals surface area contributed by atoms with E-state index in [1.54, 1.807) is 0 Å². The van der Waals surface area contributed by atoms with Crippen LogP contribution in [0, 0.1) is 5.92 Å². The quantitative estimate of drug-likeness (QED) is 0.743. The third kappa shape index (κ3) is 6.05. The standard InChI is InChI=1S/C13H25F3N2/c1-3-11(2)12-10-18(9-7-17-12)8-5-4-6-13(14,15)16/h11-12,17H,3-10H2,1-2H3. The Labute approximate surface area is 108 Å². The summed E-state index contributed by atoms with van der Waals surface area (Å²) in [6, 6.07) is 0.492. The minimum Gasteiger partial charge on any atom is -0.311 e. The first-order valence-electron chi connectivity index (χ1n) is 6.95. The van der Waals surface area contributed by atoms with Crippen molar-refractivity contribution < 1.29 is 13.2 Å². The highest BCUT2D eigenvalue weighted by Gasteiger charge is 2.26. The van der Waals surface area contributed by atoms with Crippen LogP contribution in [0.5, 0.6) is 0 Å². The maximum absolute atomic E-state index is 12.0. The topological polar surface area (TPSA) is 15.3 Å². The highest BCUT2D eigenvalue weighted by Crippen LogP contribution is 2.22. The van der Waals surface area contributed by atoms with Gasteiger partial charge < -0.3 is 10.2 Å². The minimum absolute atomic E-state index is 0.251. The van der Waals surface area contributed by atoms with Gasteiger partial charge in [0.05, 0.1) is 0 Å². The van der Waals surface area contributed by atoms with E-state index in [1.807, 2.05) is 0 Å². The van der Waals surface area contributed by atoms with E-state index in [2.05, 4.69) is 24.1 Å². The number of nitrogens with zero attached hydrogens (tertiary/aromatic N) is 1. The largest absolute Gasteiger partial charge is 0.389 e. The van der Waals surface area contributed by atoms with Gasteiger partial charge in [-0.2, -0.15) is 13.2 Å². The van der Waals surface area contributed by atoms with Gasteiger partial charge in [-0.05, 0) is 25.3 Å². The first kappa shape index (κ1) is 15.8. The van der Waals surface area contributed by atoms with Crippen molar-refractivity contribution in [2.45, 2.75) is 51.7 Å². The summed E-state index contributed by atoms with van der Waals surface area (Å²) in [5.74, 6) is 0.628. The number of piperazine rings is 1. The van der Waals surface area contributed by atoms with Gasteiger partial charge in [-0.25, -0.2) is 0 Å². The van der Waals surface area contributed by atoms with Crippen LogP contribution in [0.25, 0.3) is 0 Å². The molecule has 0 bridgehead atoms. The van der Waals surface area contributed by atoms with Gasteiger partial charge >= 0.3 is 6.18 Å². The summed E-state index contributed by atoms with van der Waals surface area (Å²) in [5, 5.41) is 3.49. The van der Waals surface area contributed by atoms with Crippen LogP contribution >= 0.6 is 0 Å². The molecule has 0 aromatic carbocycles. The van der Waals surface area contributed by atoms with Crippen molar-refractivity contribution in [3.05, 3.63) is 0 Å². The minimum atomic E-state index is -4.00. The van der Waals surface area contributed by atoms with E-state index in [1.165, 1.54) is 0 Å². The molecule has 1 fully saturated rings. The Morgan fingerprint density at radius 1 is 1.33 bits per heavy atom. The van der Waals surface area contributed by atoms with Crippen LogP contribution in [-0.4, -0.2) is 43.3 Å². The molecule has 1 aliphatic rings. The van der Waals surface area contributed by atoms with Crippen molar-refractivity contribution in [1.29, 1.82) is 0 Å². The second-order valence-electron chi connectivity index (χ2n) is 5.32. The molecular formula is C13H25F3N2. The van der Waals surface area contributed by atoms with Crippen LogP contribution < -0.4 is 5.32 Å². The van der Waals surface area contributed by atoms with Crippen molar-refractivity contribution in [2.75, 3.05) is 26.2 Å². The molecule has 1 rings (SSSR count). The summed E-state index contributed by atoms with van der Waals surface area (Å²) in [6.07, 6.45) is -2.61. The molecule has 0 amide bonds. The lowest BCUT2D eigenvalue weighted by Crippen LogP contribution is -2.53. The molecule has 2 atom stereocenters. The molecule has 0 spiro atoms. The molecule has 1 aliphatic heterocycles. The molecule has 1 heterocycles. The summed E-state index contributed by atoms with van der Waals surface area (Å²) >= 11 is 0. The van der Waals surface area contributed by atoms with Gasteiger partial charge in [0.2, 0.25) is 0 Å². The summed E-state index contributed by atoms with van der Waals surface area (Å²) in [7, 11) is 0. The summed E-state index contributed by atoms with van der Waals surface area (Å²) in [6.45, 7) is 8.08. The highest BCUT2D eigenvalue weighted by atomic mass is 19.4. The van der Waals surface area contributed by atoms with Crippen LogP contribution in [0.15, 0.2) is 0 Å². The maximum atomic E-state index is 12.0. The van der Waals surface area contributed by atoms with E-state index in [0.717, 1.165) is 32.6 Å². The van der Waals surface area contributed by atoms with Gasteiger partial charge in [-0.3, -0.25) is 0 Å². The van der Waals surface area contributed by atoms with Crippen LogP contribution in [0.4, 0.5) is 13.2 Å². The molecule has 0 saturated carbocycles. The fraction of sp³-hybridized carbons (Fsp3) is 1.00. The van der Waals surface area contributed by atoms with Gasteiger partial charge in [0.15, 0.2) is 0 Å². The molecule has 0 aromatic rings. The molecule has 18 heavy (non-hydrogen) atoms. The predicted octanol–water partition coefficient (Wildman–Crippen LogP) is 3.04. The molecule has 1 N–H and O–H groups in total. The van der Waals surface area contributed by atoms with Gasteiger partial charge in [0, 0.05) is 32.1 Å². The molecule has 2 unspecified atom stereocenters.